The second-order valence-corrected chi connectivity index (χ2v) is 10.7. The first kappa shape index (κ1) is 24.2. The summed E-state index contributed by atoms with van der Waals surface area (Å²) in [5, 5.41) is 21.2. The molecule has 1 saturated heterocycles. The molecule has 6 heteroatoms. The van der Waals surface area contributed by atoms with Gasteiger partial charge in [0.2, 0.25) is 0 Å². The van der Waals surface area contributed by atoms with E-state index < -0.39 is 12.2 Å². The van der Waals surface area contributed by atoms with Crippen molar-refractivity contribution in [2.75, 3.05) is 7.11 Å². The molecule has 0 aromatic rings. The monoisotopic (exact) mass is 486 g/mol. The minimum atomic E-state index is -0.408. The highest BCUT2D eigenvalue weighted by molar-refractivity contribution is 9.09. The molecule has 172 valence electrons. The lowest BCUT2D eigenvalue weighted by Gasteiger charge is -2.30. The third-order valence-electron chi connectivity index (χ3n) is 7.72. The predicted octanol–water partition coefficient (Wildman–Crippen LogP) is 4.38. The molecule has 3 aliphatic rings. The summed E-state index contributed by atoms with van der Waals surface area (Å²) in [4.78, 5) is 11.5. The maximum absolute atomic E-state index is 11.3. The predicted molar refractivity (Wildman–Crippen MR) is 120 cm³/mol. The fourth-order valence-electron chi connectivity index (χ4n) is 5.69. The van der Waals surface area contributed by atoms with Gasteiger partial charge in [0.25, 0.3) is 0 Å². The molecule has 2 N–H and O–H groups in total. The molecule has 3 rings (SSSR count). The van der Waals surface area contributed by atoms with Gasteiger partial charge >= 0.3 is 5.97 Å². The van der Waals surface area contributed by atoms with Crippen molar-refractivity contribution in [3.8, 4) is 0 Å². The van der Waals surface area contributed by atoms with Crippen LogP contribution in [0.15, 0.2) is 12.2 Å². The number of fused-ring (bicyclic) bond motifs is 1. The van der Waals surface area contributed by atoms with Crippen LogP contribution in [-0.2, 0) is 14.3 Å². The molecule has 5 nitrogen and oxygen atoms in total. The van der Waals surface area contributed by atoms with Crippen LogP contribution in [0.5, 0.6) is 0 Å². The lowest BCUT2D eigenvalue weighted by atomic mass is 9.78. The van der Waals surface area contributed by atoms with Crippen molar-refractivity contribution < 1.29 is 24.5 Å². The third kappa shape index (κ3) is 6.08. The number of halogens is 1. The second kappa shape index (κ2) is 11.4. The third-order valence-corrected chi connectivity index (χ3v) is 8.77. The van der Waals surface area contributed by atoms with Gasteiger partial charge in [0, 0.05) is 23.6 Å². The molecule has 0 aromatic heterocycles. The molecule has 3 fully saturated rings. The van der Waals surface area contributed by atoms with E-state index >= 15 is 0 Å². The average molecular weight is 487 g/mol. The summed E-state index contributed by atoms with van der Waals surface area (Å²) in [7, 11) is 1.42. The molecule has 2 saturated carbocycles. The van der Waals surface area contributed by atoms with Crippen molar-refractivity contribution >= 4 is 21.9 Å². The number of esters is 1. The van der Waals surface area contributed by atoms with Crippen molar-refractivity contribution in [2.45, 2.75) is 100 Å². The van der Waals surface area contributed by atoms with E-state index in [1.807, 2.05) is 6.08 Å². The van der Waals surface area contributed by atoms with Crippen LogP contribution in [0, 0.1) is 23.7 Å². The number of carbonyl (C=O) groups excluding carboxylic acids is 1. The van der Waals surface area contributed by atoms with Crippen LogP contribution in [-0.4, -0.2) is 52.5 Å². The Morgan fingerprint density at radius 2 is 2.00 bits per heavy atom. The van der Waals surface area contributed by atoms with E-state index in [1.54, 1.807) is 0 Å². The van der Waals surface area contributed by atoms with E-state index in [0.717, 1.165) is 38.0 Å². The van der Waals surface area contributed by atoms with Gasteiger partial charge in [0.15, 0.2) is 0 Å². The maximum atomic E-state index is 11.3. The van der Waals surface area contributed by atoms with Gasteiger partial charge in [-0.25, -0.2) is 0 Å². The Kier molecular flexibility index (Phi) is 9.23. The number of methoxy groups -OCH3 is 1. The molecule has 1 heterocycles. The average Bonchev–Trinajstić information content (AvgIpc) is 3.29. The van der Waals surface area contributed by atoms with Crippen LogP contribution in [0.1, 0.15) is 71.1 Å². The number of hydrogen-bond donors (Lipinski definition) is 2. The van der Waals surface area contributed by atoms with Crippen molar-refractivity contribution in [3.63, 3.8) is 0 Å². The largest absolute Gasteiger partial charge is 0.469 e. The van der Waals surface area contributed by atoms with Gasteiger partial charge in [-0.15, -0.1) is 0 Å². The van der Waals surface area contributed by atoms with E-state index in [0.29, 0.717) is 24.7 Å². The van der Waals surface area contributed by atoms with Crippen molar-refractivity contribution in [1.82, 2.24) is 0 Å². The zero-order valence-electron chi connectivity index (χ0n) is 18.4. The Labute approximate surface area is 189 Å². The number of alkyl halides is 1. The first-order valence-corrected chi connectivity index (χ1v) is 12.7. The summed E-state index contributed by atoms with van der Waals surface area (Å²) in [5.41, 5.74) is 0. The second-order valence-electron chi connectivity index (χ2n) is 9.54. The Hall–Kier alpha value is -0.430. The first-order chi connectivity index (χ1) is 14.4. The standard InChI is InChI=1S/C24H39BrO5/c1-3-15-7-9-16(10-8-15)20(26)12-11-17-18-13-23(30-22(18)14-21(17)27)19(25)5-4-6-24(28)29-2/h11-12,15-23,26-27H,3-10,13-14H2,1-2H3/b12-11+/t15?,16?,17-,18-,19?,20-,21-,22-,23-/m1/s1. The molecule has 0 bridgehead atoms. The van der Waals surface area contributed by atoms with Gasteiger partial charge in [0.05, 0.1) is 31.5 Å². The van der Waals surface area contributed by atoms with Crippen molar-refractivity contribution in [2.24, 2.45) is 23.7 Å². The fourth-order valence-corrected chi connectivity index (χ4v) is 6.35. The normalized spacial score (nSPS) is 38.5. The van der Waals surface area contributed by atoms with Gasteiger partial charge < -0.3 is 19.7 Å². The lowest BCUT2D eigenvalue weighted by Crippen LogP contribution is -2.26. The highest BCUT2D eigenvalue weighted by Gasteiger charge is 2.49. The van der Waals surface area contributed by atoms with Gasteiger partial charge in [-0.3, -0.25) is 4.79 Å². The summed E-state index contributed by atoms with van der Waals surface area (Å²) < 4.78 is 11.0. The summed E-state index contributed by atoms with van der Waals surface area (Å²) in [6.07, 6.45) is 12.9. The van der Waals surface area contributed by atoms with Crippen LogP contribution in [0.4, 0.5) is 0 Å². The Morgan fingerprint density at radius 3 is 2.67 bits per heavy atom. The number of aliphatic hydroxyl groups excluding tert-OH is 2. The fraction of sp³-hybridized carbons (Fsp3) is 0.875. The smallest absolute Gasteiger partial charge is 0.305 e. The molecule has 0 aromatic carbocycles. The minimum Gasteiger partial charge on any atom is -0.469 e. The zero-order valence-corrected chi connectivity index (χ0v) is 20.0. The van der Waals surface area contributed by atoms with Crippen LogP contribution in [0.25, 0.3) is 0 Å². The van der Waals surface area contributed by atoms with E-state index in [-0.39, 0.29) is 28.9 Å². The molecule has 30 heavy (non-hydrogen) atoms. The lowest BCUT2D eigenvalue weighted by molar-refractivity contribution is -0.140. The van der Waals surface area contributed by atoms with Crippen LogP contribution >= 0.6 is 15.9 Å². The van der Waals surface area contributed by atoms with Gasteiger partial charge in [0.1, 0.15) is 0 Å². The van der Waals surface area contributed by atoms with Crippen molar-refractivity contribution in [1.29, 1.82) is 0 Å². The minimum absolute atomic E-state index is 0.0522. The first-order valence-electron chi connectivity index (χ1n) is 11.8. The highest BCUT2D eigenvalue weighted by Crippen LogP contribution is 2.46. The Balaban J connectivity index is 1.48. The van der Waals surface area contributed by atoms with E-state index in [9.17, 15) is 15.0 Å². The van der Waals surface area contributed by atoms with E-state index in [2.05, 4.69) is 28.9 Å². The maximum Gasteiger partial charge on any atom is 0.305 e. The molecule has 0 amide bonds. The quantitative estimate of drug-likeness (QED) is 0.287. The molecule has 0 radical (unpaired) electrons. The number of aliphatic hydroxyl groups is 2. The molecule has 2 aliphatic carbocycles. The summed E-state index contributed by atoms with van der Waals surface area (Å²) in [5.74, 6) is 1.36. The van der Waals surface area contributed by atoms with Crippen LogP contribution in [0.3, 0.4) is 0 Å². The topological polar surface area (TPSA) is 76.0 Å². The van der Waals surface area contributed by atoms with Crippen LogP contribution < -0.4 is 0 Å². The molecular weight excluding hydrogens is 448 g/mol. The van der Waals surface area contributed by atoms with E-state index in [1.165, 1.54) is 26.4 Å². The summed E-state index contributed by atoms with van der Waals surface area (Å²) >= 11 is 3.75. The zero-order chi connectivity index (χ0) is 21.7. The summed E-state index contributed by atoms with van der Waals surface area (Å²) in [6.45, 7) is 2.26. The molecule has 1 unspecified atom stereocenters. The van der Waals surface area contributed by atoms with Crippen molar-refractivity contribution in [3.05, 3.63) is 12.2 Å². The van der Waals surface area contributed by atoms with Gasteiger partial charge in [-0.05, 0) is 49.9 Å². The molecule has 0 spiro atoms. The van der Waals surface area contributed by atoms with Gasteiger partial charge in [-0.1, -0.05) is 54.3 Å². The number of ether oxygens (including phenoxy) is 2. The summed E-state index contributed by atoms with van der Waals surface area (Å²) in [6, 6.07) is 0. The highest BCUT2D eigenvalue weighted by atomic mass is 79.9. The molecular formula is C24H39BrO5. The molecule has 1 aliphatic heterocycles. The van der Waals surface area contributed by atoms with Gasteiger partial charge in [-0.2, -0.15) is 0 Å². The van der Waals surface area contributed by atoms with Crippen LogP contribution in [0.2, 0.25) is 0 Å². The number of rotatable bonds is 9. The molecule has 7 atom stereocenters. The number of hydrogen-bond acceptors (Lipinski definition) is 5. The number of carbonyl (C=O) groups is 1. The van der Waals surface area contributed by atoms with E-state index in [4.69, 9.17) is 9.47 Å². The SMILES string of the molecule is CCC1CCC([C@H](O)/C=C/[C@@H]2[C@H]3C[C@H](C(Br)CCCC(=O)OC)O[C@@H]3C[C@H]2O)CC1. The Morgan fingerprint density at radius 1 is 1.27 bits per heavy atom. The Bertz CT molecular complexity index is 574.